The largest absolute Gasteiger partial charge is 0.379 e. The van der Waals surface area contributed by atoms with Crippen molar-refractivity contribution in [2.45, 2.75) is 4.90 Å². The molecule has 1 aromatic carbocycles. The van der Waals surface area contributed by atoms with Crippen molar-refractivity contribution in [1.82, 2.24) is 14.3 Å². The first-order valence-electron chi connectivity index (χ1n) is 9.01. The minimum atomic E-state index is -3.75. The highest BCUT2D eigenvalue weighted by Crippen LogP contribution is 2.27. The first kappa shape index (κ1) is 20.9. The Morgan fingerprint density at radius 3 is 2.70 bits per heavy atom. The van der Waals surface area contributed by atoms with Crippen LogP contribution in [0.5, 0.6) is 0 Å². The molecule has 1 fully saturated rings. The van der Waals surface area contributed by atoms with Crippen molar-refractivity contribution in [3.8, 4) is 11.4 Å². The number of sulfonamides is 1. The molecule has 2 aromatic heterocycles. The van der Waals surface area contributed by atoms with Gasteiger partial charge in [-0.05, 0) is 30.3 Å². The molecule has 4 rings (SSSR count). The molecule has 1 saturated heterocycles. The van der Waals surface area contributed by atoms with Gasteiger partial charge in [0.05, 0.1) is 34.4 Å². The highest BCUT2D eigenvalue weighted by Gasteiger charge is 2.27. The lowest BCUT2D eigenvalue weighted by Crippen LogP contribution is -2.40. The van der Waals surface area contributed by atoms with Crippen LogP contribution in [-0.4, -0.2) is 54.9 Å². The van der Waals surface area contributed by atoms with Crippen LogP contribution in [0.25, 0.3) is 11.4 Å². The molecule has 0 radical (unpaired) electrons. The summed E-state index contributed by atoms with van der Waals surface area (Å²) in [6.45, 7) is 1.20. The Kier molecular flexibility index (Phi) is 6.11. The Bertz CT molecular complexity index is 1160. The monoisotopic (exact) mass is 464 g/mol. The highest BCUT2D eigenvalue weighted by molar-refractivity contribution is 7.89. The number of hydrogen-bond donors (Lipinski definition) is 1. The fourth-order valence-corrected chi connectivity index (χ4v) is 5.24. The lowest BCUT2D eigenvalue weighted by Gasteiger charge is -2.26. The molecule has 156 valence electrons. The van der Waals surface area contributed by atoms with Crippen LogP contribution < -0.4 is 5.32 Å². The van der Waals surface area contributed by atoms with Crippen LogP contribution in [0.3, 0.4) is 0 Å². The summed E-state index contributed by atoms with van der Waals surface area (Å²) < 4.78 is 32.3. The number of aromatic nitrogens is 2. The molecular weight excluding hydrogens is 448 g/mol. The van der Waals surface area contributed by atoms with E-state index in [1.165, 1.54) is 33.8 Å². The minimum Gasteiger partial charge on any atom is -0.379 e. The van der Waals surface area contributed by atoms with Gasteiger partial charge < -0.3 is 4.74 Å². The summed E-state index contributed by atoms with van der Waals surface area (Å²) in [4.78, 5) is 21.4. The van der Waals surface area contributed by atoms with E-state index < -0.39 is 15.9 Å². The molecule has 1 aliphatic rings. The second-order valence-electron chi connectivity index (χ2n) is 6.37. The zero-order chi connectivity index (χ0) is 21.1. The number of carbonyl (C=O) groups is 1. The number of nitrogens with one attached hydrogen (secondary N) is 1. The van der Waals surface area contributed by atoms with Crippen molar-refractivity contribution in [2.24, 2.45) is 0 Å². The molecule has 0 bridgehead atoms. The van der Waals surface area contributed by atoms with Crippen molar-refractivity contribution < 1.29 is 17.9 Å². The minimum absolute atomic E-state index is 0.00673. The number of pyridine rings is 1. The average molecular weight is 465 g/mol. The standard InChI is InChI=1S/C19H17ClN4O4S2/c20-15-5-4-13(30(26,27)24-7-9-28-10-8-24)11-14(15)18(25)23-19-22-17(12-29-19)16-3-1-2-6-21-16/h1-6,11-12H,7-10H2,(H,22,23,25). The van der Waals surface area contributed by atoms with Crippen LogP contribution in [0, 0.1) is 0 Å². The van der Waals surface area contributed by atoms with E-state index in [0.717, 1.165) is 0 Å². The number of hydrogen-bond acceptors (Lipinski definition) is 7. The molecule has 0 aliphatic carbocycles. The molecule has 1 amide bonds. The summed E-state index contributed by atoms with van der Waals surface area (Å²) in [6, 6.07) is 9.56. The van der Waals surface area contributed by atoms with Gasteiger partial charge in [-0.15, -0.1) is 11.3 Å². The Hall–Kier alpha value is -2.37. The van der Waals surface area contributed by atoms with E-state index in [-0.39, 0.29) is 28.6 Å². The van der Waals surface area contributed by atoms with Crippen LogP contribution >= 0.6 is 22.9 Å². The summed E-state index contributed by atoms with van der Waals surface area (Å²) in [5.74, 6) is -0.541. The van der Waals surface area contributed by atoms with Crippen LogP contribution in [0.1, 0.15) is 10.4 Å². The van der Waals surface area contributed by atoms with Crippen molar-refractivity contribution in [3.05, 3.63) is 58.6 Å². The van der Waals surface area contributed by atoms with Crippen LogP contribution in [0.4, 0.5) is 5.13 Å². The van der Waals surface area contributed by atoms with Crippen molar-refractivity contribution in [3.63, 3.8) is 0 Å². The number of amides is 1. The number of halogens is 1. The van der Waals surface area contributed by atoms with Gasteiger partial charge in [-0.2, -0.15) is 4.31 Å². The van der Waals surface area contributed by atoms with Crippen molar-refractivity contribution in [2.75, 3.05) is 31.6 Å². The van der Waals surface area contributed by atoms with Gasteiger partial charge in [0, 0.05) is 24.7 Å². The predicted molar refractivity (Wildman–Crippen MR) is 114 cm³/mol. The topological polar surface area (TPSA) is 101 Å². The number of anilines is 1. The number of morpholine rings is 1. The Morgan fingerprint density at radius 1 is 1.17 bits per heavy atom. The van der Waals surface area contributed by atoms with Gasteiger partial charge in [0.1, 0.15) is 5.69 Å². The third-order valence-corrected chi connectivity index (χ3v) is 7.42. The van der Waals surface area contributed by atoms with Crippen LogP contribution in [0.15, 0.2) is 52.9 Å². The van der Waals surface area contributed by atoms with Gasteiger partial charge >= 0.3 is 0 Å². The molecule has 30 heavy (non-hydrogen) atoms. The molecule has 8 nitrogen and oxygen atoms in total. The van der Waals surface area contributed by atoms with Gasteiger partial charge in [-0.25, -0.2) is 13.4 Å². The predicted octanol–water partition coefficient (Wildman–Crippen LogP) is 3.13. The van der Waals surface area contributed by atoms with Crippen LogP contribution in [0.2, 0.25) is 5.02 Å². The molecule has 0 unspecified atom stereocenters. The Labute approximate surface area is 182 Å². The SMILES string of the molecule is O=C(Nc1nc(-c2ccccn2)cs1)c1cc(S(=O)(=O)N2CCOCC2)ccc1Cl. The first-order valence-corrected chi connectivity index (χ1v) is 11.7. The molecule has 3 heterocycles. The molecule has 3 aromatic rings. The third kappa shape index (κ3) is 4.37. The summed E-state index contributed by atoms with van der Waals surface area (Å²) in [5, 5.41) is 4.96. The number of thiazole rings is 1. The quantitative estimate of drug-likeness (QED) is 0.622. The summed E-state index contributed by atoms with van der Waals surface area (Å²) >= 11 is 7.42. The first-order chi connectivity index (χ1) is 14.4. The zero-order valence-electron chi connectivity index (χ0n) is 15.6. The summed E-state index contributed by atoms with van der Waals surface area (Å²) in [5.41, 5.74) is 1.37. The van der Waals surface area contributed by atoms with Gasteiger partial charge in [0.2, 0.25) is 10.0 Å². The van der Waals surface area contributed by atoms with Gasteiger partial charge in [0.15, 0.2) is 5.13 Å². The van der Waals surface area contributed by atoms with E-state index in [0.29, 0.717) is 29.7 Å². The van der Waals surface area contributed by atoms with E-state index in [2.05, 4.69) is 15.3 Å². The van der Waals surface area contributed by atoms with E-state index in [4.69, 9.17) is 16.3 Å². The number of nitrogens with zero attached hydrogens (tertiary/aromatic N) is 3. The summed E-state index contributed by atoms with van der Waals surface area (Å²) in [7, 11) is -3.75. The molecule has 1 N–H and O–H groups in total. The number of carbonyl (C=O) groups excluding carboxylic acids is 1. The molecule has 11 heteroatoms. The fraction of sp³-hybridized carbons (Fsp3) is 0.211. The van der Waals surface area contributed by atoms with Gasteiger partial charge in [-0.1, -0.05) is 17.7 Å². The maximum atomic E-state index is 12.9. The fourth-order valence-electron chi connectivity index (χ4n) is 2.90. The lowest BCUT2D eigenvalue weighted by molar-refractivity contribution is 0.0730. The van der Waals surface area contributed by atoms with Gasteiger partial charge in [0.25, 0.3) is 5.91 Å². The average Bonchev–Trinajstić information content (AvgIpc) is 3.23. The maximum Gasteiger partial charge on any atom is 0.259 e. The normalized spacial score (nSPS) is 15.1. The van der Waals surface area contributed by atoms with Crippen molar-refractivity contribution >= 4 is 44.0 Å². The highest BCUT2D eigenvalue weighted by atomic mass is 35.5. The molecule has 0 spiro atoms. The molecular formula is C19H17ClN4O4S2. The van der Waals surface area contributed by atoms with E-state index in [9.17, 15) is 13.2 Å². The van der Waals surface area contributed by atoms with E-state index in [1.807, 2.05) is 12.1 Å². The second kappa shape index (κ2) is 8.78. The molecule has 0 saturated carbocycles. The van der Waals surface area contributed by atoms with Crippen molar-refractivity contribution in [1.29, 1.82) is 0 Å². The van der Waals surface area contributed by atoms with E-state index >= 15 is 0 Å². The van der Waals surface area contributed by atoms with E-state index in [1.54, 1.807) is 17.6 Å². The molecule has 0 atom stereocenters. The smallest absolute Gasteiger partial charge is 0.259 e. The molecule has 1 aliphatic heterocycles. The Morgan fingerprint density at radius 2 is 1.97 bits per heavy atom. The van der Waals surface area contributed by atoms with Crippen LogP contribution in [-0.2, 0) is 14.8 Å². The Balaban J connectivity index is 1.56. The zero-order valence-corrected chi connectivity index (χ0v) is 18.0. The lowest BCUT2D eigenvalue weighted by atomic mass is 10.2. The number of ether oxygens (including phenoxy) is 1. The summed E-state index contributed by atoms with van der Waals surface area (Å²) in [6.07, 6.45) is 1.66. The second-order valence-corrected chi connectivity index (χ2v) is 9.57. The third-order valence-electron chi connectivity index (χ3n) is 4.44. The maximum absolute atomic E-state index is 12.9. The number of rotatable bonds is 5. The van der Waals surface area contributed by atoms with Gasteiger partial charge in [-0.3, -0.25) is 15.1 Å². The number of benzene rings is 1.